The van der Waals surface area contributed by atoms with Crippen molar-refractivity contribution in [2.75, 3.05) is 7.05 Å². The molecule has 3 atom stereocenters. The molecule has 2 fully saturated rings. The van der Waals surface area contributed by atoms with Gasteiger partial charge in [-0.25, -0.2) is 0 Å². The van der Waals surface area contributed by atoms with Crippen LogP contribution in [0.15, 0.2) is 0 Å². The lowest BCUT2D eigenvalue weighted by Crippen LogP contribution is -2.49. The lowest BCUT2D eigenvalue weighted by atomic mass is 9.82. The van der Waals surface area contributed by atoms with Crippen LogP contribution in [0.25, 0.3) is 0 Å². The highest BCUT2D eigenvalue weighted by Crippen LogP contribution is 2.43. The van der Waals surface area contributed by atoms with Gasteiger partial charge in [-0.05, 0) is 49.9 Å². The molecule has 0 bridgehead atoms. The molecule has 0 saturated heterocycles. The molecule has 2 aliphatic rings. The monoisotopic (exact) mass is 266 g/mol. The molecule has 110 valence electrons. The Morgan fingerprint density at radius 1 is 1.16 bits per heavy atom. The number of rotatable bonds is 6. The molecule has 0 aromatic rings. The van der Waals surface area contributed by atoms with Gasteiger partial charge < -0.3 is 10.6 Å². The number of hydrogen-bond donors (Lipinski definition) is 2. The Morgan fingerprint density at radius 2 is 1.89 bits per heavy atom. The Bertz CT molecular complexity index is 299. The molecule has 0 radical (unpaired) electrons. The number of carbonyl (C=O) groups is 1. The minimum atomic E-state index is -0.00652. The minimum Gasteiger partial charge on any atom is -0.358 e. The topological polar surface area (TPSA) is 41.1 Å². The fourth-order valence-corrected chi connectivity index (χ4v) is 3.56. The molecule has 0 aromatic heterocycles. The van der Waals surface area contributed by atoms with Gasteiger partial charge in [0.25, 0.3) is 0 Å². The fourth-order valence-electron chi connectivity index (χ4n) is 3.56. The van der Waals surface area contributed by atoms with Crippen molar-refractivity contribution < 1.29 is 4.79 Å². The van der Waals surface area contributed by atoms with E-state index in [-0.39, 0.29) is 11.9 Å². The standard InChI is InChI=1S/C16H30N2O/c1-11(2)9-15(16(19)17-3)18-14-6-4-5-13(10-14)12-7-8-12/h11-15,18H,4-10H2,1-3H3,(H,17,19). The predicted molar refractivity (Wildman–Crippen MR) is 78.9 cm³/mol. The number of amides is 1. The predicted octanol–water partition coefficient (Wildman–Crippen LogP) is 2.71. The summed E-state index contributed by atoms with van der Waals surface area (Å²) in [5, 5.41) is 6.44. The van der Waals surface area contributed by atoms with E-state index in [1.807, 2.05) is 0 Å². The van der Waals surface area contributed by atoms with Crippen LogP contribution >= 0.6 is 0 Å². The van der Waals surface area contributed by atoms with E-state index in [9.17, 15) is 4.79 Å². The molecule has 1 amide bonds. The van der Waals surface area contributed by atoms with Gasteiger partial charge in [0, 0.05) is 13.1 Å². The molecule has 3 nitrogen and oxygen atoms in total. The van der Waals surface area contributed by atoms with Crippen LogP contribution in [0.2, 0.25) is 0 Å². The minimum absolute atomic E-state index is 0.00652. The van der Waals surface area contributed by atoms with Crippen LogP contribution in [0.1, 0.15) is 58.8 Å². The van der Waals surface area contributed by atoms with Gasteiger partial charge in [0.2, 0.25) is 5.91 Å². The van der Waals surface area contributed by atoms with Crippen LogP contribution in [0.3, 0.4) is 0 Å². The summed E-state index contributed by atoms with van der Waals surface area (Å²) in [7, 11) is 1.74. The number of hydrogen-bond acceptors (Lipinski definition) is 2. The first-order valence-electron chi connectivity index (χ1n) is 8.07. The molecular weight excluding hydrogens is 236 g/mol. The second-order valence-corrected chi connectivity index (χ2v) is 6.92. The number of carbonyl (C=O) groups excluding carboxylic acids is 1. The first-order valence-corrected chi connectivity index (χ1v) is 8.07. The summed E-state index contributed by atoms with van der Waals surface area (Å²) in [6, 6.07) is 0.549. The highest BCUT2D eigenvalue weighted by atomic mass is 16.2. The van der Waals surface area contributed by atoms with Gasteiger partial charge in [-0.1, -0.05) is 26.7 Å². The highest BCUT2D eigenvalue weighted by molar-refractivity contribution is 5.81. The average Bonchev–Trinajstić information content (AvgIpc) is 3.21. The summed E-state index contributed by atoms with van der Waals surface area (Å²) >= 11 is 0. The average molecular weight is 266 g/mol. The number of nitrogens with one attached hydrogen (secondary N) is 2. The number of likely N-dealkylation sites (N-methyl/N-ethyl adjacent to an activating group) is 1. The first kappa shape index (κ1) is 14.8. The first-order chi connectivity index (χ1) is 9.10. The Labute approximate surface area is 117 Å². The van der Waals surface area contributed by atoms with Gasteiger partial charge in [-0.3, -0.25) is 4.79 Å². The van der Waals surface area contributed by atoms with Crippen LogP contribution < -0.4 is 10.6 Å². The van der Waals surface area contributed by atoms with Gasteiger partial charge in [0.15, 0.2) is 0 Å². The zero-order chi connectivity index (χ0) is 13.8. The van der Waals surface area contributed by atoms with E-state index in [1.165, 1.54) is 38.5 Å². The molecule has 3 unspecified atom stereocenters. The van der Waals surface area contributed by atoms with Crippen molar-refractivity contribution in [3.8, 4) is 0 Å². The molecule has 0 aromatic carbocycles. The van der Waals surface area contributed by atoms with Crippen LogP contribution in [-0.2, 0) is 4.79 Å². The maximum absolute atomic E-state index is 12.0. The van der Waals surface area contributed by atoms with E-state index >= 15 is 0 Å². The molecular formula is C16H30N2O. The second-order valence-electron chi connectivity index (χ2n) is 6.92. The molecule has 2 saturated carbocycles. The van der Waals surface area contributed by atoms with Crippen LogP contribution in [0.4, 0.5) is 0 Å². The summed E-state index contributed by atoms with van der Waals surface area (Å²) in [6.45, 7) is 4.37. The van der Waals surface area contributed by atoms with E-state index in [4.69, 9.17) is 0 Å². The Kier molecular flexibility index (Phi) is 5.26. The largest absolute Gasteiger partial charge is 0.358 e. The van der Waals surface area contributed by atoms with E-state index in [2.05, 4.69) is 24.5 Å². The van der Waals surface area contributed by atoms with Crippen molar-refractivity contribution in [2.45, 2.75) is 70.9 Å². The van der Waals surface area contributed by atoms with Gasteiger partial charge >= 0.3 is 0 Å². The van der Waals surface area contributed by atoms with Crippen molar-refractivity contribution >= 4 is 5.91 Å². The van der Waals surface area contributed by atoms with Crippen LogP contribution in [0.5, 0.6) is 0 Å². The SMILES string of the molecule is CNC(=O)C(CC(C)C)NC1CCCC(C2CC2)C1. The molecule has 0 aliphatic heterocycles. The van der Waals surface area contributed by atoms with E-state index < -0.39 is 0 Å². The van der Waals surface area contributed by atoms with Crippen LogP contribution in [0, 0.1) is 17.8 Å². The molecule has 19 heavy (non-hydrogen) atoms. The van der Waals surface area contributed by atoms with Gasteiger partial charge in [0.05, 0.1) is 6.04 Å². The third-order valence-corrected chi connectivity index (χ3v) is 4.71. The van der Waals surface area contributed by atoms with Crippen molar-refractivity contribution in [3.05, 3.63) is 0 Å². The van der Waals surface area contributed by atoms with Gasteiger partial charge in [-0.15, -0.1) is 0 Å². The van der Waals surface area contributed by atoms with Crippen molar-refractivity contribution in [1.29, 1.82) is 0 Å². The van der Waals surface area contributed by atoms with Crippen LogP contribution in [-0.4, -0.2) is 25.0 Å². The highest BCUT2D eigenvalue weighted by Gasteiger charge is 2.35. The quantitative estimate of drug-likeness (QED) is 0.776. The molecule has 2 aliphatic carbocycles. The molecule has 0 heterocycles. The van der Waals surface area contributed by atoms with Crippen molar-refractivity contribution in [2.24, 2.45) is 17.8 Å². The summed E-state index contributed by atoms with van der Waals surface area (Å²) in [4.78, 5) is 12.0. The zero-order valence-electron chi connectivity index (χ0n) is 12.7. The third-order valence-electron chi connectivity index (χ3n) is 4.71. The van der Waals surface area contributed by atoms with Crippen molar-refractivity contribution in [3.63, 3.8) is 0 Å². The third kappa shape index (κ3) is 4.48. The van der Waals surface area contributed by atoms with Gasteiger partial charge in [0.1, 0.15) is 0 Å². The molecule has 0 spiro atoms. The van der Waals surface area contributed by atoms with E-state index in [1.54, 1.807) is 7.05 Å². The van der Waals surface area contributed by atoms with Crippen molar-refractivity contribution in [1.82, 2.24) is 10.6 Å². The Morgan fingerprint density at radius 3 is 2.47 bits per heavy atom. The fraction of sp³-hybridized carbons (Fsp3) is 0.938. The Hall–Kier alpha value is -0.570. The summed E-state index contributed by atoms with van der Waals surface area (Å²) in [6.07, 6.45) is 9.11. The Balaban J connectivity index is 1.86. The summed E-state index contributed by atoms with van der Waals surface area (Å²) in [5.74, 6) is 2.64. The lowest BCUT2D eigenvalue weighted by molar-refractivity contribution is -0.123. The lowest BCUT2D eigenvalue weighted by Gasteiger charge is -2.33. The van der Waals surface area contributed by atoms with Gasteiger partial charge in [-0.2, -0.15) is 0 Å². The second kappa shape index (κ2) is 6.74. The summed E-state index contributed by atoms with van der Waals surface area (Å²) in [5.41, 5.74) is 0. The maximum Gasteiger partial charge on any atom is 0.236 e. The summed E-state index contributed by atoms with van der Waals surface area (Å²) < 4.78 is 0. The maximum atomic E-state index is 12.0. The molecule has 2 rings (SSSR count). The van der Waals surface area contributed by atoms with E-state index in [0.717, 1.165) is 18.3 Å². The normalized spacial score (nSPS) is 29.3. The van der Waals surface area contributed by atoms with E-state index in [0.29, 0.717) is 12.0 Å². The smallest absolute Gasteiger partial charge is 0.236 e. The molecule has 2 N–H and O–H groups in total. The molecule has 3 heteroatoms. The zero-order valence-corrected chi connectivity index (χ0v) is 12.7.